The number of hydrogen-bond donors (Lipinski definition) is 0. The summed E-state index contributed by atoms with van der Waals surface area (Å²) in [5, 5.41) is 0. The Bertz CT molecular complexity index is 81.0. The Kier molecular flexibility index (Phi) is 5.94. The Morgan fingerprint density at radius 2 is 2.11 bits per heavy atom. The van der Waals surface area contributed by atoms with Gasteiger partial charge >= 0.3 is 0 Å². The highest BCUT2D eigenvalue weighted by Gasteiger charge is 1.96. The maximum absolute atomic E-state index is 10.8. The molecule has 0 aromatic rings. The van der Waals surface area contributed by atoms with Crippen LogP contribution in [0.4, 0.5) is 0 Å². The lowest BCUT2D eigenvalue weighted by molar-refractivity contribution is -0.119. The molecule has 0 unspecified atom stereocenters. The van der Waals surface area contributed by atoms with Gasteiger partial charge < -0.3 is 0 Å². The summed E-state index contributed by atoms with van der Waals surface area (Å²) >= 11 is 0. The van der Waals surface area contributed by atoms with Gasteiger partial charge in [0, 0.05) is 23.1 Å². The molecule has 0 aliphatic carbocycles. The van der Waals surface area contributed by atoms with Crippen LogP contribution in [0.3, 0.4) is 0 Å². The van der Waals surface area contributed by atoms with E-state index in [0.717, 1.165) is 25.7 Å². The number of carbonyl (C=O) groups is 1. The van der Waals surface area contributed by atoms with Crippen LogP contribution in [-0.4, -0.2) is 16.0 Å². The van der Waals surface area contributed by atoms with Crippen molar-refractivity contribution in [3.8, 4) is 0 Å². The molecule has 0 radical (unpaired) electrons. The molecule has 54 valence electrons. The minimum Gasteiger partial charge on any atom is -0.300 e. The molecule has 9 heavy (non-hydrogen) atoms. The average molecular weight is 144 g/mol. The minimum atomic E-state index is 0.452. The third kappa shape index (κ3) is 5.76. The van der Waals surface area contributed by atoms with Crippen molar-refractivity contribution < 1.29 is 4.79 Å². The van der Waals surface area contributed by atoms with E-state index in [0.29, 0.717) is 5.78 Å². The Hall–Kier alpha value is -0.113. The van der Waals surface area contributed by atoms with Crippen molar-refractivity contribution in [2.45, 2.75) is 38.7 Å². The van der Waals surface area contributed by atoms with Crippen molar-refractivity contribution in [1.82, 2.24) is 0 Å². The first-order chi connectivity index (χ1) is 4.31. The van der Waals surface area contributed by atoms with Gasteiger partial charge in [-0.2, -0.15) is 0 Å². The van der Waals surface area contributed by atoms with Crippen molar-refractivity contribution in [2.75, 3.05) is 0 Å². The molecule has 0 aromatic carbocycles. The van der Waals surface area contributed by atoms with Crippen LogP contribution in [0.5, 0.6) is 0 Å². The summed E-state index contributed by atoms with van der Waals surface area (Å²) in [5.41, 5.74) is 0. The molecule has 2 heteroatoms. The molecule has 0 amide bonds. The number of ketones is 1. The van der Waals surface area contributed by atoms with Gasteiger partial charge in [-0.25, -0.2) is 0 Å². The van der Waals surface area contributed by atoms with E-state index in [4.69, 9.17) is 0 Å². The average Bonchev–Trinajstić information content (AvgIpc) is 1.85. The molecule has 0 N–H and O–H groups in total. The Morgan fingerprint density at radius 3 is 2.56 bits per heavy atom. The molecule has 0 aromatic heterocycles. The predicted octanol–water partition coefficient (Wildman–Crippen LogP) is 0.919. The molecule has 1 nitrogen and oxygen atoms in total. The summed E-state index contributed by atoms with van der Waals surface area (Å²) in [4.78, 5) is 10.8. The number of hydrogen-bond acceptors (Lipinski definition) is 1. The van der Waals surface area contributed by atoms with Gasteiger partial charge in [0.05, 0.1) is 0 Å². The van der Waals surface area contributed by atoms with Gasteiger partial charge in [-0.05, 0) is 12.8 Å². The largest absolute Gasteiger partial charge is 0.300 e. The monoisotopic (exact) mass is 144 g/mol. The summed E-state index contributed by atoms with van der Waals surface area (Å²) in [6, 6.07) is 1.27. The fraction of sp³-hybridized carbons (Fsp3) is 0.857. The molecule has 0 aliphatic rings. The third-order valence-electron chi connectivity index (χ3n) is 1.34. The van der Waals surface area contributed by atoms with E-state index in [9.17, 15) is 4.79 Å². The van der Waals surface area contributed by atoms with Gasteiger partial charge in [0.1, 0.15) is 5.78 Å². The highest BCUT2D eigenvalue weighted by molar-refractivity contribution is 6.08. The molecule has 0 bridgehead atoms. The van der Waals surface area contributed by atoms with Gasteiger partial charge in [0.15, 0.2) is 0 Å². The number of rotatable bonds is 5. The highest BCUT2D eigenvalue weighted by atomic mass is 28.1. The lowest BCUT2D eigenvalue weighted by Gasteiger charge is -1.94. The van der Waals surface area contributed by atoms with Crippen molar-refractivity contribution in [3.63, 3.8) is 0 Å². The van der Waals surface area contributed by atoms with Crippen LogP contribution < -0.4 is 0 Å². The van der Waals surface area contributed by atoms with Crippen LogP contribution >= 0.6 is 0 Å². The molecule has 0 fully saturated rings. The van der Waals surface area contributed by atoms with Gasteiger partial charge in [0.25, 0.3) is 0 Å². The summed E-state index contributed by atoms with van der Waals surface area (Å²) in [6.07, 6.45) is 3.77. The van der Waals surface area contributed by atoms with Gasteiger partial charge in [-0.1, -0.05) is 13.0 Å². The maximum Gasteiger partial charge on any atom is 0.132 e. The van der Waals surface area contributed by atoms with E-state index >= 15 is 0 Å². The van der Waals surface area contributed by atoms with Crippen LogP contribution in [-0.2, 0) is 4.79 Å². The first-order valence-corrected chi connectivity index (χ1v) is 5.24. The molecule has 0 saturated carbocycles. The van der Waals surface area contributed by atoms with Crippen molar-refractivity contribution >= 4 is 16.0 Å². The Labute approximate surface area is 60.3 Å². The van der Waals surface area contributed by atoms with E-state index in [2.05, 4.69) is 6.92 Å². The molecule has 0 rings (SSSR count). The van der Waals surface area contributed by atoms with Gasteiger partial charge in [-0.3, -0.25) is 4.79 Å². The molecule has 0 heterocycles. The smallest absolute Gasteiger partial charge is 0.132 e. The third-order valence-corrected chi connectivity index (χ3v) is 2.05. The number of carbonyl (C=O) groups excluding carboxylic acids is 1. The first-order valence-electron chi connectivity index (χ1n) is 3.83. The second-order valence-electron chi connectivity index (χ2n) is 2.39. The van der Waals surface area contributed by atoms with Crippen LogP contribution in [0, 0.1) is 0 Å². The predicted molar refractivity (Wildman–Crippen MR) is 43.9 cm³/mol. The SMILES string of the molecule is CCCC(=O)CCC[SiH3]. The summed E-state index contributed by atoms with van der Waals surface area (Å²) in [7, 11) is 1.25. The molecule has 0 spiro atoms. The fourth-order valence-electron chi connectivity index (χ4n) is 0.778. The first kappa shape index (κ1) is 8.89. The molecular weight excluding hydrogens is 128 g/mol. The summed E-state index contributed by atoms with van der Waals surface area (Å²) in [6.45, 7) is 2.05. The Balaban J connectivity index is 3.06. The lowest BCUT2D eigenvalue weighted by atomic mass is 10.1. The van der Waals surface area contributed by atoms with Crippen LogP contribution in [0.1, 0.15) is 32.6 Å². The van der Waals surface area contributed by atoms with Crippen LogP contribution in [0.2, 0.25) is 6.04 Å². The van der Waals surface area contributed by atoms with Crippen LogP contribution in [0.15, 0.2) is 0 Å². The van der Waals surface area contributed by atoms with Crippen molar-refractivity contribution in [3.05, 3.63) is 0 Å². The summed E-state index contributed by atoms with van der Waals surface area (Å²) in [5.74, 6) is 0.452. The zero-order chi connectivity index (χ0) is 7.11. The highest BCUT2D eigenvalue weighted by Crippen LogP contribution is 1.99. The fourth-order valence-corrected chi connectivity index (χ4v) is 1.13. The normalized spacial score (nSPS) is 9.89. The lowest BCUT2D eigenvalue weighted by Crippen LogP contribution is -1.95. The molecule has 0 atom stereocenters. The van der Waals surface area contributed by atoms with E-state index in [1.807, 2.05) is 0 Å². The second kappa shape index (κ2) is 6.01. The zero-order valence-electron chi connectivity index (χ0n) is 6.44. The van der Waals surface area contributed by atoms with Gasteiger partial charge in [0.2, 0.25) is 0 Å². The quantitative estimate of drug-likeness (QED) is 0.524. The molecular formula is C7H16OSi. The standard InChI is InChI=1S/C7H16OSi/c1-2-4-7(8)5-3-6-9/h2-6H2,1,9H3. The maximum atomic E-state index is 10.8. The number of Topliss-reactive ketones (excluding diaryl/α,β-unsaturated/α-hetero) is 1. The second-order valence-corrected chi connectivity index (χ2v) is 3.39. The van der Waals surface area contributed by atoms with E-state index in [1.54, 1.807) is 0 Å². The summed E-state index contributed by atoms with van der Waals surface area (Å²) < 4.78 is 0. The van der Waals surface area contributed by atoms with E-state index < -0.39 is 0 Å². The van der Waals surface area contributed by atoms with E-state index in [1.165, 1.54) is 16.3 Å². The minimum absolute atomic E-state index is 0.452. The van der Waals surface area contributed by atoms with Crippen molar-refractivity contribution in [2.24, 2.45) is 0 Å². The topological polar surface area (TPSA) is 17.1 Å². The van der Waals surface area contributed by atoms with Crippen molar-refractivity contribution in [1.29, 1.82) is 0 Å². The zero-order valence-corrected chi connectivity index (χ0v) is 8.44. The van der Waals surface area contributed by atoms with E-state index in [-0.39, 0.29) is 0 Å². The van der Waals surface area contributed by atoms with Crippen LogP contribution in [0.25, 0.3) is 0 Å². The molecule has 0 saturated heterocycles. The van der Waals surface area contributed by atoms with Gasteiger partial charge in [-0.15, -0.1) is 0 Å². The molecule has 0 aliphatic heterocycles. The Morgan fingerprint density at radius 1 is 1.44 bits per heavy atom.